The summed E-state index contributed by atoms with van der Waals surface area (Å²) in [5, 5.41) is 0.885. The zero-order valence-electron chi connectivity index (χ0n) is 12.4. The van der Waals surface area contributed by atoms with Crippen molar-refractivity contribution < 1.29 is 14.3 Å². The van der Waals surface area contributed by atoms with Crippen LogP contribution in [0.3, 0.4) is 0 Å². The Morgan fingerprint density at radius 3 is 2.86 bits per heavy atom. The molecule has 1 N–H and O–H groups in total. The summed E-state index contributed by atoms with van der Waals surface area (Å²) in [4.78, 5) is 27.6. The van der Waals surface area contributed by atoms with Crippen LogP contribution < -0.4 is 10.3 Å². The first-order chi connectivity index (χ1) is 10.1. The fourth-order valence-corrected chi connectivity index (χ4v) is 3.18. The Kier molecular flexibility index (Phi) is 3.23. The van der Waals surface area contributed by atoms with Crippen molar-refractivity contribution in [2.24, 2.45) is 0 Å². The van der Waals surface area contributed by atoms with Gasteiger partial charge in [-0.25, -0.2) is 4.79 Å². The summed E-state index contributed by atoms with van der Waals surface area (Å²) in [5.41, 5.74) is 2.17. The zero-order chi connectivity index (χ0) is 15.1. The predicted molar refractivity (Wildman–Crippen MR) is 77.9 cm³/mol. The number of rotatable bonds is 3. The van der Waals surface area contributed by atoms with Crippen molar-refractivity contribution in [3.05, 3.63) is 27.7 Å². The highest BCUT2D eigenvalue weighted by molar-refractivity contribution is 5.86. The Labute approximate surface area is 121 Å². The number of H-pyrrole nitrogens is 1. The smallest absolute Gasteiger partial charge is 0.328 e. The summed E-state index contributed by atoms with van der Waals surface area (Å²) < 4.78 is 11.6. The molecule has 6 heteroatoms. The molecule has 0 amide bonds. The van der Waals surface area contributed by atoms with E-state index in [9.17, 15) is 9.59 Å². The average molecular weight is 290 g/mol. The van der Waals surface area contributed by atoms with Crippen LogP contribution in [0.15, 0.2) is 10.9 Å². The molecule has 0 aliphatic carbocycles. The largest absolute Gasteiger partial charge is 0.482 e. The minimum absolute atomic E-state index is 0.187. The van der Waals surface area contributed by atoms with E-state index < -0.39 is 6.04 Å². The van der Waals surface area contributed by atoms with Crippen LogP contribution >= 0.6 is 0 Å². The van der Waals surface area contributed by atoms with Crippen LogP contribution in [0.1, 0.15) is 30.6 Å². The number of carbonyl (C=O) groups excluding carboxylic acids is 1. The van der Waals surface area contributed by atoms with Gasteiger partial charge in [-0.1, -0.05) is 6.92 Å². The number of aromatic amines is 1. The van der Waals surface area contributed by atoms with Crippen LogP contribution in [-0.2, 0) is 22.4 Å². The Bertz CT molecular complexity index is 772. The van der Waals surface area contributed by atoms with Crippen molar-refractivity contribution in [2.75, 3.05) is 14.2 Å². The molecule has 0 radical (unpaired) electrons. The SMILES string of the molecule is CCc1c(OC)[nH]c2c(=O)n3c(cc12)CCC3C(=O)OC. The molecule has 1 aliphatic heterocycles. The van der Waals surface area contributed by atoms with Gasteiger partial charge in [0.15, 0.2) is 5.88 Å². The molecule has 0 saturated heterocycles. The summed E-state index contributed by atoms with van der Waals surface area (Å²) in [6, 6.07) is 1.46. The fraction of sp³-hybridized carbons (Fsp3) is 0.467. The number of carbonyl (C=O) groups is 1. The molecule has 1 unspecified atom stereocenters. The van der Waals surface area contributed by atoms with E-state index in [1.165, 1.54) is 7.11 Å². The van der Waals surface area contributed by atoms with E-state index in [4.69, 9.17) is 9.47 Å². The third-order valence-corrected chi connectivity index (χ3v) is 4.18. The molecular formula is C15H18N2O4. The monoisotopic (exact) mass is 290 g/mol. The lowest BCUT2D eigenvalue weighted by atomic mass is 10.1. The van der Waals surface area contributed by atoms with Crippen LogP contribution in [0.4, 0.5) is 0 Å². The zero-order valence-corrected chi connectivity index (χ0v) is 12.4. The van der Waals surface area contributed by atoms with Gasteiger partial charge in [-0.05, 0) is 25.3 Å². The third kappa shape index (κ3) is 1.86. The number of aromatic nitrogens is 2. The van der Waals surface area contributed by atoms with Gasteiger partial charge in [0, 0.05) is 16.6 Å². The highest BCUT2D eigenvalue weighted by Gasteiger charge is 2.31. The summed E-state index contributed by atoms with van der Waals surface area (Å²) >= 11 is 0. The number of fused-ring (bicyclic) bond motifs is 2. The molecule has 6 nitrogen and oxygen atoms in total. The number of hydrogen-bond acceptors (Lipinski definition) is 4. The Morgan fingerprint density at radius 2 is 2.24 bits per heavy atom. The van der Waals surface area contributed by atoms with Gasteiger partial charge in [0.2, 0.25) is 0 Å². The first-order valence-electron chi connectivity index (χ1n) is 7.03. The Hall–Kier alpha value is -2.24. The Balaban J connectivity index is 2.28. The maximum absolute atomic E-state index is 12.7. The topological polar surface area (TPSA) is 73.3 Å². The molecule has 2 aromatic rings. The van der Waals surface area contributed by atoms with E-state index in [1.54, 1.807) is 11.7 Å². The Morgan fingerprint density at radius 1 is 1.48 bits per heavy atom. The van der Waals surface area contributed by atoms with Crippen LogP contribution in [0.2, 0.25) is 0 Å². The number of pyridine rings is 1. The molecule has 3 rings (SSSR count). The normalized spacial score (nSPS) is 17.0. The van der Waals surface area contributed by atoms with Crippen molar-refractivity contribution in [1.29, 1.82) is 0 Å². The molecule has 1 aliphatic rings. The average Bonchev–Trinajstić information content (AvgIpc) is 3.07. The number of ether oxygens (including phenoxy) is 2. The van der Waals surface area contributed by atoms with Crippen LogP contribution in [0.5, 0.6) is 5.88 Å². The summed E-state index contributed by atoms with van der Waals surface area (Å²) in [6.07, 6.45) is 2.07. The molecule has 2 aromatic heterocycles. The number of aryl methyl sites for hydroxylation is 2. The third-order valence-electron chi connectivity index (χ3n) is 4.18. The van der Waals surface area contributed by atoms with Gasteiger partial charge in [0.1, 0.15) is 11.6 Å². The maximum Gasteiger partial charge on any atom is 0.328 e. The van der Waals surface area contributed by atoms with E-state index in [2.05, 4.69) is 4.98 Å². The first kappa shape index (κ1) is 13.7. The number of methoxy groups -OCH3 is 2. The number of nitrogens with one attached hydrogen (secondary N) is 1. The van der Waals surface area contributed by atoms with Crippen molar-refractivity contribution >= 4 is 16.9 Å². The lowest BCUT2D eigenvalue weighted by molar-refractivity contribution is -0.144. The fourth-order valence-electron chi connectivity index (χ4n) is 3.18. The van der Waals surface area contributed by atoms with Crippen LogP contribution in [-0.4, -0.2) is 29.7 Å². The van der Waals surface area contributed by atoms with Gasteiger partial charge in [0.05, 0.1) is 14.2 Å². The highest BCUT2D eigenvalue weighted by atomic mass is 16.5. The minimum atomic E-state index is -0.527. The molecular weight excluding hydrogens is 272 g/mol. The molecule has 0 spiro atoms. The molecule has 0 bridgehead atoms. The highest BCUT2D eigenvalue weighted by Crippen LogP contribution is 2.32. The number of nitrogens with zero attached hydrogens (tertiary/aromatic N) is 1. The molecule has 21 heavy (non-hydrogen) atoms. The molecule has 0 aromatic carbocycles. The van der Waals surface area contributed by atoms with Crippen molar-refractivity contribution in [1.82, 2.24) is 9.55 Å². The van der Waals surface area contributed by atoms with Crippen LogP contribution in [0, 0.1) is 0 Å². The lowest BCUT2D eigenvalue weighted by Crippen LogP contribution is -2.28. The molecule has 0 fully saturated rings. The quantitative estimate of drug-likeness (QED) is 0.871. The standard InChI is InChI=1S/C15H18N2O4/c1-4-9-10-7-8-5-6-11(15(19)21-3)17(8)14(18)12(10)16-13(9)20-2/h7,11,16H,4-6H2,1-3H3. The van der Waals surface area contributed by atoms with E-state index in [-0.39, 0.29) is 11.5 Å². The summed E-state index contributed by atoms with van der Waals surface area (Å²) in [6.45, 7) is 2.02. The van der Waals surface area contributed by atoms with E-state index >= 15 is 0 Å². The molecule has 112 valence electrons. The van der Waals surface area contributed by atoms with Gasteiger partial charge in [-0.15, -0.1) is 0 Å². The van der Waals surface area contributed by atoms with E-state index in [0.717, 1.165) is 23.1 Å². The second-order valence-corrected chi connectivity index (χ2v) is 5.17. The second kappa shape index (κ2) is 4.95. The minimum Gasteiger partial charge on any atom is -0.482 e. The molecule has 1 atom stereocenters. The van der Waals surface area contributed by atoms with Gasteiger partial charge < -0.3 is 14.5 Å². The maximum atomic E-state index is 12.7. The van der Waals surface area contributed by atoms with Crippen molar-refractivity contribution in [3.63, 3.8) is 0 Å². The van der Waals surface area contributed by atoms with Gasteiger partial charge in [-0.2, -0.15) is 0 Å². The summed E-state index contributed by atoms with van der Waals surface area (Å²) in [5.74, 6) is 0.243. The van der Waals surface area contributed by atoms with Gasteiger partial charge in [0.25, 0.3) is 5.56 Å². The second-order valence-electron chi connectivity index (χ2n) is 5.17. The number of hydrogen-bond donors (Lipinski definition) is 1. The van der Waals surface area contributed by atoms with E-state index in [0.29, 0.717) is 24.2 Å². The van der Waals surface area contributed by atoms with Gasteiger partial charge in [-0.3, -0.25) is 9.36 Å². The summed E-state index contributed by atoms with van der Waals surface area (Å²) in [7, 11) is 2.92. The van der Waals surface area contributed by atoms with E-state index in [1.807, 2.05) is 13.0 Å². The molecule has 0 saturated carbocycles. The van der Waals surface area contributed by atoms with Crippen molar-refractivity contribution in [3.8, 4) is 5.88 Å². The van der Waals surface area contributed by atoms with Gasteiger partial charge >= 0.3 is 5.97 Å². The predicted octanol–water partition coefficient (Wildman–Crippen LogP) is 1.56. The number of esters is 1. The lowest BCUT2D eigenvalue weighted by Gasteiger charge is -2.12. The van der Waals surface area contributed by atoms with Crippen LogP contribution in [0.25, 0.3) is 10.9 Å². The first-order valence-corrected chi connectivity index (χ1v) is 7.03. The van der Waals surface area contributed by atoms with Crippen molar-refractivity contribution in [2.45, 2.75) is 32.2 Å². The molecule has 3 heterocycles.